The average molecular weight is 287 g/mol. The number of hydrogen-bond donors (Lipinski definition) is 1. The fraction of sp³-hybridized carbons (Fsp3) is 0.769. The molecule has 0 fully saturated rings. The molecule has 1 atom stereocenters. The third-order valence-corrected chi connectivity index (χ3v) is 4.89. The lowest BCUT2D eigenvalue weighted by atomic mass is 10.00. The van der Waals surface area contributed by atoms with Crippen LogP contribution >= 0.6 is 0 Å². The van der Waals surface area contributed by atoms with Gasteiger partial charge in [-0.15, -0.1) is 0 Å². The Labute approximate surface area is 116 Å². The first-order valence-electron chi connectivity index (χ1n) is 6.90. The highest BCUT2D eigenvalue weighted by atomic mass is 32.2. The van der Waals surface area contributed by atoms with Crippen molar-refractivity contribution < 1.29 is 8.42 Å². The molecule has 0 amide bonds. The van der Waals surface area contributed by atoms with Gasteiger partial charge in [-0.3, -0.25) is 4.68 Å². The Balaban J connectivity index is 2.67. The summed E-state index contributed by atoms with van der Waals surface area (Å²) >= 11 is 0. The predicted octanol–water partition coefficient (Wildman–Crippen LogP) is 2.22. The lowest BCUT2D eigenvalue weighted by molar-refractivity contribution is 0.443. The van der Waals surface area contributed by atoms with E-state index in [1.807, 2.05) is 0 Å². The van der Waals surface area contributed by atoms with Crippen molar-refractivity contribution in [3.05, 3.63) is 11.9 Å². The predicted molar refractivity (Wildman–Crippen MR) is 76.4 cm³/mol. The zero-order valence-corrected chi connectivity index (χ0v) is 13.1. The monoisotopic (exact) mass is 287 g/mol. The average Bonchev–Trinajstić information content (AvgIpc) is 2.69. The molecule has 0 saturated heterocycles. The van der Waals surface area contributed by atoms with E-state index in [-0.39, 0.29) is 4.90 Å². The van der Waals surface area contributed by atoms with E-state index in [0.717, 1.165) is 25.7 Å². The summed E-state index contributed by atoms with van der Waals surface area (Å²) in [4.78, 5) is 0.278. The molecule has 5 nitrogen and oxygen atoms in total. The first-order valence-corrected chi connectivity index (χ1v) is 8.38. The van der Waals surface area contributed by atoms with E-state index in [1.165, 1.54) is 4.68 Å². The Morgan fingerprint density at radius 2 is 2.11 bits per heavy atom. The smallest absolute Gasteiger partial charge is 0.243 e. The van der Waals surface area contributed by atoms with E-state index in [4.69, 9.17) is 0 Å². The van der Waals surface area contributed by atoms with Crippen molar-refractivity contribution in [2.45, 2.75) is 51.3 Å². The molecule has 0 aromatic carbocycles. The van der Waals surface area contributed by atoms with Crippen LogP contribution in [0.5, 0.6) is 0 Å². The standard InChI is InChI=1S/C13H25N3O2S/c1-5-7-8-12(6-2)9-14-19(17,18)13-10-16(4)15-11(13)3/h10,12,14H,5-9H2,1-4H3. The van der Waals surface area contributed by atoms with Gasteiger partial charge < -0.3 is 0 Å². The molecular formula is C13H25N3O2S. The van der Waals surface area contributed by atoms with Crippen LogP contribution < -0.4 is 4.72 Å². The van der Waals surface area contributed by atoms with Crippen molar-refractivity contribution in [3.63, 3.8) is 0 Å². The molecule has 0 aliphatic rings. The SMILES string of the molecule is CCCCC(CC)CNS(=O)(=O)c1cn(C)nc1C. The zero-order valence-electron chi connectivity index (χ0n) is 12.3. The highest BCUT2D eigenvalue weighted by molar-refractivity contribution is 7.89. The van der Waals surface area contributed by atoms with Crippen LogP contribution in [-0.4, -0.2) is 24.7 Å². The van der Waals surface area contributed by atoms with Crippen LogP contribution in [-0.2, 0) is 17.1 Å². The largest absolute Gasteiger partial charge is 0.274 e. The Morgan fingerprint density at radius 1 is 1.42 bits per heavy atom. The number of nitrogens with zero attached hydrogens (tertiary/aromatic N) is 2. The molecule has 0 bridgehead atoms. The lowest BCUT2D eigenvalue weighted by Gasteiger charge is -2.15. The first-order chi connectivity index (χ1) is 8.90. The molecule has 19 heavy (non-hydrogen) atoms. The number of nitrogens with one attached hydrogen (secondary N) is 1. The van der Waals surface area contributed by atoms with Crippen LogP contribution in [0, 0.1) is 12.8 Å². The minimum absolute atomic E-state index is 0.278. The Morgan fingerprint density at radius 3 is 2.58 bits per heavy atom. The fourth-order valence-electron chi connectivity index (χ4n) is 2.09. The minimum Gasteiger partial charge on any atom is -0.274 e. The summed E-state index contributed by atoms with van der Waals surface area (Å²) in [6.45, 7) is 6.47. The maximum Gasteiger partial charge on any atom is 0.243 e. The summed E-state index contributed by atoms with van der Waals surface area (Å²) < 4.78 is 28.6. The molecule has 0 aliphatic heterocycles. The molecule has 1 N–H and O–H groups in total. The van der Waals surface area contributed by atoms with E-state index >= 15 is 0 Å². The van der Waals surface area contributed by atoms with Gasteiger partial charge in [0.25, 0.3) is 0 Å². The van der Waals surface area contributed by atoms with Crippen molar-refractivity contribution in [1.29, 1.82) is 0 Å². The molecule has 0 aliphatic carbocycles. The van der Waals surface area contributed by atoms with Crippen molar-refractivity contribution in [1.82, 2.24) is 14.5 Å². The van der Waals surface area contributed by atoms with Gasteiger partial charge in [-0.05, 0) is 19.3 Å². The first kappa shape index (κ1) is 16.2. The second kappa shape index (κ2) is 7.05. The molecule has 1 aromatic heterocycles. The molecular weight excluding hydrogens is 262 g/mol. The summed E-state index contributed by atoms with van der Waals surface area (Å²) in [5, 5.41) is 4.07. The molecule has 0 saturated carbocycles. The Kier molecular flexibility index (Phi) is 6.00. The number of sulfonamides is 1. The van der Waals surface area contributed by atoms with Crippen LogP contribution in [0.25, 0.3) is 0 Å². The van der Waals surface area contributed by atoms with Crippen LogP contribution in [0.15, 0.2) is 11.1 Å². The van der Waals surface area contributed by atoms with Crippen molar-refractivity contribution >= 4 is 10.0 Å². The molecule has 0 radical (unpaired) electrons. The number of unbranched alkanes of at least 4 members (excludes halogenated alkanes) is 1. The van der Waals surface area contributed by atoms with Gasteiger partial charge in [0.15, 0.2) is 0 Å². The second-order valence-electron chi connectivity index (χ2n) is 5.02. The molecule has 6 heteroatoms. The van der Waals surface area contributed by atoms with E-state index in [1.54, 1.807) is 20.2 Å². The third kappa shape index (κ3) is 4.62. The van der Waals surface area contributed by atoms with Gasteiger partial charge in [-0.1, -0.05) is 33.1 Å². The third-order valence-electron chi connectivity index (χ3n) is 3.36. The van der Waals surface area contributed by atoms with Crippen molar-refractivity contribution in [2.75, 3.05) is 6.54 Å². The lowest BCUT2D eigenvalue weighted by Crippen LogP contribution is -2.29. The molecule has 1 heterocycles. The van der Waals surface area contributed by atoms with Crippen LogP contribution in [0.3, 0.4) is 0 Å². The van der Waals surface area contributed by atoms with E-state index in [9.17, 15) is 8.42 Å². The summed E-state index contributed by atoms with van der Waals surface area (Å²) in [7, 11) is -1.71. The molecule has 1 rings (SSSR count). The number of aromatic nitrogens is 2. The maximum atomic E-state index is 12.2. The Bertz CT molecular complexity index is 494. The fourth-order valence-corrected chi connectivity index (χ4v) is 3.42. The highest BCUT2D eigenvalue weighted by Gasteiger charge is 2.20. The number of hydrogen-bond acceptors (Lipinski definition) is 3. The van der Waals surface area contributed by atoms with Gasteiger partial charge in [0.05, 0.1) is 5.69 Å². The van der Waals surface area contributed by atoms with Gasteiger partial charge >= 0.3 is 0 Å². The van der Waals surface area contributed by atoms with E-state index in [2.05, 4.69) is 23.7 Å². The quantitative estimate of drug-likeness (QED) is 0.797. The van der Waals surface area contributed by atoms with Gasteiger partial charge in [-0.25, -0.2) is 13.1 Å². The van der Waals surface area contributed by atoms with Crippen LogP contribution in [0.2, 0.25) is 0 Å². The number of rotatable bonds is 8. The van der Waals surface area contributed by atoms with Gasteiger partial charge in [0.1, 0.15) is 4.90 Å². The van der Waals surface area contributed by atoms with Gasteiger partial charge in [0, 0.05) is 19.8 Å². The Hall–Kier alpha value is -0.880. The minimum atomic E-state index is -3.43. The summed E-state index contributed by atoms with van der Waals surface area (Å²) in [6, 6.07) is 0. The second-order valence-corrected chi connectivity index (χ2v) is 6.76. The van der Waals surface area contributed by atoms with Crippen molar-refractivity contribution in [3.8, 4) is 0 Å². The summed E-state index contributed by atoms with van der Waals surface area (Å²) in [5.74, 6) is 0.409. The highest BCUT2D eigenvalue weighted by Crippen LogP contribution is 2.15. The van der Waals surface area contributed by atoms with Crippen molar-refractivity contribution in [2.24, 2.45) is 13.0 Å². The summed E-state index contributed by atoms with van der Waals surface area (Å²) in [5.41, 5.74) is 0.539. The molecule has 1 unspecified atom stereocenters. The van der Waals surface area contributed by atoms with Gasteiger partial charge in [0.2, 0.25) is 10.0 Å². The normalized spacial score (nSPS) is 13.7. The van der Waals surface area contributed by atoms with Gasteiger partial charge in [-0.2, -0.15) is 5.10 Å². The maximum absolute atomic E-state index is 12.2. The molecule has 0 spiro atoms. The number of aryl methyl sites for hydroxylation is 2. The van der Waals surface area contributed by atoms with E-state index in [0.29, 0.717) is 18.2 Å². The van der Waals surface area contributed by atoms with Crippen LogP contribution in [0.4, 0.5) is 0 Å². The molecule has 1 aromatic rings. The topological polar surface area (TPSA) is 64.0 Å². The van der Waals surface area contributed by atoms with E-state index < -0.39 is 10.0 Å². The molecule has 110 valence electrons. The van der Waals surface area contributed by atoms with Crippen LogP contribution in [0.1, 0.15) is 45.2 Å². The summed E-state index contributed by atoms with van der Waals surface area (Å²) in [6.07, 6.45) is 5.90. The zero-order chi connectivity index (χ0) is 14.5.